The Hall–Kier alpha value is -1.40. The largest absolute Gasteiger partial charge is 0.466 e. The molecule has 0 heterocycles. The average Bonchev–Trinajstić information content (AvgIpc) is 3.32. The van der Waals surface area contributed by atoms with Gasteiger partial charge in [0.15, 0.2) is 0 Å². The molecule has 0 saturated heterocycles. The third-order valence-electron chi connectivity index (χ3n) is 14.1. The third kappa shape index (κ3) is 52.0. The second kappa shape index (κ2) is 56.2. The molecular formula is C60H117NO5. The van der Waals surface area contributed by atoms with Crippen molar-refractivity contribution in [1.29, 1.82) is 0 Å². The number of amides is 1. The van der Waals surface area contributed by atoms with E-state index in [1.165, 1.54) is 263 Å². The van der Waals surface area contributed by atoms with Gasteiger partial charge in [-0.25, -0.2) is 0 Å². The van der Waals surface area contributed by atoms with Crippen molar-refractivity contribution in [3.63, 3.8) is 0 Å². The molecule has 0 rings (SSSR count). The van der Waals surface area contributed by atoms with Gasteiger partial charge < -0.3 is 20.3 Å². The molecule has 3 N–H and O–H groups in total. The van der Waals surface area contributed by atoms with Gasteiger partial charge in [-0.1, -0.05) is 283 Å². The molecule has 0 aliphatic heterocycles. The Kier molecular flexibility index (Phi) is 55.0. The van der Waals surface area contributed by atoms with E-state index in [4.69, 9.17) is 4.74 Å². The van der Waals surface area contributed by atoms with Gasteiger partial charge >= 0.3 is 5.97 Å². The van der Waals surface area contributed by atoms with Crippen molar-refractivity contribution in [3.8, 4) is 0 Å². The molecule has 0 aliphatic rings. The van der Waals surface area contributed by atoms with Gasteiger partial charge in [-0.3, -0.25) is 9.59 Å². The molecule has 2 unspecified atom stereocenters. The predicted molar refractivity (Wildman–Crippen MR) is 287 cm³/mol. The number of esters is 1. The number of aliphatic hydroxyl groups excluding tert-OH is 2. The fraction of sp³-hybridized carbons (Fsp3) is 0.933. The summed E-state index contributed by atoms with van der Waals surface area (Å²) in [4.78, 5) is 24.5. The van der Waals surface area contributed by atoms with Crippen LogP contribution >= 0.6 is 0 Å². The number of hydrogen-bond donors (Lipinski definition) is 3. The number of hydrogen-bond acceptors (Lipinski definition) is 5. The molecule has 0 aromatic rings. The molecule has 0 aromatic carbocycles. The molecule has 0 fully saturated rings. The van der Waals surface area contributed by atoms with E-state index in [-0.39, 0.29) is 18.5 Å². The smallest absolute Gasteiger partial charge is 0.305 e. The molecule has 0 bridgehead atoms. The zero-order valence-corrected chi connectivity index (χ0v) is 44.7. The van der Waals surface area contributed by atoms with Crippen LogP contribution in [0.1, 0.15) is 335 Å². The molecule has 0 aromatic heterocycles. The highest BCUT2D eigenvalue weighted by Gasteiger charge is 2.20. The Morgan fingerprint density at radius 3 is 1.08 bits per heavy atom. The molecule has 6 heteroatoms. The normalized spacial score (nSPS) is 12.6. The Balaban J connectivity index is 3.40. The zero-order valence-electron chi connectivity index (χ0n) is 44.7. The van der Waals surface area contributed by atoms with Gasteiger partial charge in [0.25, 0.3) is 0 Å². The van der Waals surface area contributed by atoms with Crippen LogP contribution in [0, 0.1) is 0 Å². The van der Waals surface area contributed by atoms with E-state index in [1.54, 1.807) is 0 Å². The first-order chi connectivity index (χ1) is 32.5. The van der Waals surface area contributed by atoms with Gasteiger partial charge in [0.05, 0.1) is 25.4 Å². The molecule has 66 heavy (non-hydrogen) atoms. The van der Waals surface area contributed by atoms with Gasteiger partial charge in [0.2, 0.25) is 5.91 Å². The lowest BCUT2D eigenvalue weighted by Gasteiger charge is -2.22. The van der Waals surface area contributed by atoms with Crippen LogP contribution in [-0.4, -0.2) is 47.4 Å². The number of carbonyl (C=O) groups is 2. The molecule has 0 saturated carbocycles. The maximum absolute atomic E-state index is 12.5. The molecule has 6 nitrogen and oxygen atoms in total. The predicted octanol–water partition coefficient (Wildman–Crippen LogP) is 18.5. The number of rotatable bonds is 56. The summed E-state index contributed by atoms with van der Waals surface area (Å²) < 4.78 is 5.49. The number of aliphatic hydroxyl groups is 2. The van der Waals surface area contributed by atoms with Crippen molar-refractivity contribution in [2.24, 2.45) is 0 Å². The Morgan fingerprint density at radius 1 is 0.409 bits per heavy atom. The van der Waals surface area contributed by atoms with E-state index in [0.29, 0.717) is 25.9 Å². The first-order valence-electron chi connectivity index (χ1n) is 29.9. The summed E-state index contributed by atoms with van der Waals surface area (Å²) in [6.45, 7) is 4.96. The zero-order chi connectivity index (χ0) is 47.9. The van der Waals surface area contributed by atoms with Crippen LogP contribution in [-0.2, 0) is 14.3 Å². The summed E-state index contributed by atoms with van der Waals surface area (Å²) >= 11 is 0. The lowest BCUT2D eigenvalue weighted by molar-refractivity contribution is -0.143. The Labute approximate surface area is 412 Å². The lowest BCUT2D eigenvalue weighted by atomic mass is 10.0. The first-order valence-corrected chi connectivity index (χ1v) is 29.9. The van der Waals surface area contributed by atoms with E-state index >= 15 is 0 Å². The van der Waals surface area contributed by atoms with E-state index in [1.807, 2.05) is 0 Å². The van der Waals surface area contributed by atoms with E-state index in [0.717, 1.165) is 38.5 Å². The van der Waals surface area contributed by atoms with Gasteiger partial charge in [-0.15, -0.1) is 0 Å². The fourth-order valence-electron chi connectivity index (χ4n) is 9.46. The molecule has 0 aliphatic carbocycles. The number of allylic oxidation sites excluding steroid dienone is 2. The number of ether oxygens (including phenoxy) is 1. The SMILES string of the molecule is CCCCCCCCCCCCCCCCCCCC(=O)OCCCCCCCCCC/C=C\CCCCCCCCCC(=O)NC(CO)C(O)CCCCCCCCCCCCCCC. The molecule has 392 valence electrons. The van der Waals surface area contributed by atoms with E-state index in [9.17, 15) is 19.8 Å². The fourth-order valence-corrected chi connectivity index (χ4v) is 9.46. The highest BCUT2D eigenvalue weighted by atomic mass is 16.5. The van der Waals surface area contributed by atoms with E-state index < -0.39 is 12.1 Å². The van der Waals surface area contributed by atoms with Crippen LogP contribution in [0.25, 0.3) is 0 Å². The maximum atomic E-state index is 12.5. The second-order valence-electron chi connectivity index (χ2n) is 20.7. The monoisotopic (exact) mass is 932 g/mol. The first kappa shape index (κ1) is 64.6. The minimum atomic E-state index is -0.669. The van der Waals surface area contributed by atoms with Crippen molar-refractivity contribution in [2.45, 2.75) is 347 Å². The summed E-state index contributed by atoms with van der Waals surface area (Å²) in [5.41, 5.74) is 0. The minimum Gasteiger partial charge on any atom is -0.466 e. The molecule has 2 atom stereocenters. The van der Waals surface area contributed by atoms with Gasteiger partial charge in [0.1, 0.15) is 0 Å². The quantitative estimate of drug-likeness (QED) is 0.0321. The van der Waals surface area contributed by atoms with Crippen molar-refractivity contribution in [1.82, 2.24) is 5.32 Å². The van der Waals surface area contributed by atoms with Crippen molar-refractivity contribution >= 4 is 11.9 Å². The number of nitrogens with one attached hydrogen (secondary N) is 1. The van der Waals surface area contributed by atoms with Gasteiger partial charge in [-0.2, -0.15) is 0 Å². The Morgan fingerprint density at radius 2 is 0.712 bits per heavy atom. The van der Waals surface area contributed by atoms with Crippen LogP contribution in [0.3, 0.4) is 0 Å². The molecule has 1 amide bonds. The second-order valence-corrected chi connectivity index (χ2v) is 20.7. The number of carbonyl (C=O) groups excluding carboxylic acids is 2. The van der Waals surface area contributed by atoms with Crippen LogP contribution in [0.15, 0.2) is 12.2 Å². The van der Waals surface area contributed by atoms with Crippen molar-refractivity contribution < 1.29 is 24.5 Å². The van der Waals surface area contributed by atoms with Crippen molar-refractivity contribution in [3.05, 3.63) is 12.2 Å². The molecule has 0 radical (unpaired) electrons. The lowest BCUT2D eigenvalue weighted by Crippen LogP contribution is -2.45. The van der Waals surface area contributed by atoms with Gasteiger partial charge in [-0.05, 0) is 51.4 Å². The van der Waals surface area contributed by atoms with Crippen LogP contribution in [0.4, 0.5) is 0 Å². The van der Waals surface area contributed by atoms with Crippen molar-refractivity contribution in [2.75, 3.05) is 13.2 Å². The number of unbranched alkanes of at least 4 members (excludes halogenated alkanes) is 43. The summed E-state index contributed by atoms with van der Waals surface area (Å²) in [7, 11) is 0. The summed E-state index contributed by atoms with van der Waals surface area (Å²) in [5, 5.41) is 23.2. The molecular weight excluding hydrogens is 815 g/mol. The molecule has 0 spiro atoms. The van der Waals surface area contributed by atoms with Crippen LogP contribution in [0.5, 0.6) is 0 Å². The van der Waals surface area contributed by atoms with Gasteiger partial charge in [0, 0.05) is 12.8 Å². The summed E-state index contributed by atoms with van der Waals surface area (Å²) in [6.07, 6.45) is 66.4. The average molecular weight is 933 g/mol. The summed E-state index contributed by atoms with van der Waals surface area (Å²) in [5.74, 6) is -0.0348. The topological polar surface area (TPSA) is 95.9 Å². The Bertz CT molecular complexity index is 986. The summed E-state index contributed by atoms with van der Waals surface area (Å²) in [6, 6.07) is -0.547. The third-order valence-corrected chi connectivity index (χ3v) is 14.1. The van der Waals surface area contributed by atoms with Crippen LogP contribution in [0.2, 0.25) is 0 Å². The standard InChI is InChI=1S/C60H117NO5/c1-3-5-7-9-11-13-15-17-18-22-26-30-34-38-42-46-50-54-60(65)66-55-51-47-43-39-35-31-27-24-21-19-20-23-25-29-33-37-41-45-49-53-59(64)61-57(56-62)58(63)52-48-44-40-36-32-28-16-14-12-10-8-6-4-2/h19-20,57-58,62-63H,3-18,21-56H2,1-2H3,(H,61,64)/b20-19-. The highest BCUT2D eigenvalue weighted by Crippen LogP contribution is 2.18. The highest BCUT2D eigenvalue weighted by molar-refractivity contribution is 5.76. The maximum Gasteiger partial charge on any atom is 0.305 e. The minimum absolute atomic E-state index is 0.00845. The van der Waals surface area contributed by atoms with Crippen LogP contribution < -0.4 is 5.32 Å². The van der Waals surface area contributed by atoms with E-state index in [2.05, 4.69) is 31.3 Å².